The molecule has 5 nitrogen and oxygen atoms in total. The largest absolute Gasteiger partial charge is 0.385 e. The van der Waals surface area contributed by atoms with E-state index in [1.54, 1.807) is 12.3 Å². The van der Waals surface area contributed by atoms with Gasteiger partial charge in [0, 0.05) is 25.8 Å². The van der Waals surface area contributed by atoms with Crippen molar-refractivity contribution in [3.63, 3.8) is 0 Å². The molecular formula is C14H21N3O2. The first-order valence-corrected chi connectivity index (χ1v) is 6.79. The van der Waals surface area contributed by atoms with Gasteiger partial charge in [-0.3, -0.25) is 9.78 Å². The van der Waals surface area contributed by atoms with E-state index in [-0.39, 0.29) is 11.9 Å². The summed E-state index contributed by atoms with van der Waals surface area (Å²) in [6.07, 6.45) is 3.15. The Morgan fingerprint density at radius 2 is 2.21 bits per heavy atom. The van der Waals surface area contributed by atoms with E-state index in [4.69, 9.17) is 0 Å². The van der Waals surface area contributed by atoms with Gasteiger partial charge in [0.1, 0.15) is 6.10 Å². The first-order chi connectivity index (χ1) is 9.18. The average Bonchev–Trinajstić information content (AvgIpc) is 2.98. The van der Waals surface area contributed by atoms with Gasteiger partial charge in [-0.25, -0.2) is 0 Å². The Morgan fingerprint density at radius 3 is 2.84 bits per heavy atom. The van der Waals surface area contributed by atoms with Gasteiger partial charge < -0.3 is 15.3 Å². The summed E-state index contributed by atoms with van der Waals surface area (Å²) in [4.78, 5) is 18.0. The molecule has 1 saturated heterocycles. The van der Waals surface area contributed by atoms with Crippen molar-refractivity contribution < 1.29 is 9.90 Å². The zero-order chi connectivity index (χ0) is 13.7. The minimum Gasteiger partial charge on any atom is -0.385 e. The number of likely N-dealkylation sites (tertiary alicyclic amines) is 1. The number of aliphatic hydroxyl groups is 1. The summed E-state index contributed by atoms with van der Waals surface area (Å²) >= 11 is 0. The lowest BCUT2D eigenvalue weighted by atomic mass is 10.2. The predicted molar refractivity (Wildman–Crippen MR) is 72.5 cm³/mol. The van der Waals surface area contributed by atoms with E-state index in [1.807, 2.05) is 24.0 Å². The van der Waals surface area contributed by atoms with Crippen molar-refractivity contribution in [2.75, 3.05) is 19.6 Å². The number of amides is 1. The maximum absolute atomic E-state index is 12.1. The lowest BCUT2D eigenvalue weighted by Crippen LogP contribution is -2.44. The van der Waals surface area contributed by atoms with E-state index in [1.165, 1.54) is 0 Å². The molecule has 0 radical (unpaired) electrons. The minimum absolute atomic E-state index is 0.116. The van der Waals surface area contributed by atoms with Crippen molar-refractivity contribution >= 4 is 5.91 Å². The number of nitrogens with one attached hydrogen (secondary N) is 1. The van der Waals surface area contributed by atoms with Crippen molar-refractivity contribution in [3.8, 4) is 0 Å². The molecular weight excluding hydrogens is 242 g/mol. The number of aromatic nitrogens is 1. The van der Waals surface area contributed by atoms with Gasteiger partial charge in [0.2, 0.25) is 5.91 Å². The molecule has 104 valence electrons. The molecule has 1 aliphatic heterocycles. The second-order valence-corrected chi connectivity index (χ2v) is 4.93. The molecule has 2 heterocycles. The highest BCUT2D eigenvalue weighted by atomic mass is 16.3. The Kier molecular flexibility index (Phi) is 4.87. The van der Waals surface area contributed by atoms with Gasteiger partial charge >= 0.3 is 0 Å². The third-order valence-corrected chi connectivity index (χ3v) is 3.43. The molecule has 1 aromatic rings. The molecule has 1 unspecified atom stereocenters. The third kappa shape index (κ3) is 3.75. The summed E-state index contributed by atoms with van der Waals surface area (Å²) in [6, 6.07) is 5.16. The topological polar surface area (TPSA) is 65.5 Å². The van der Waals surface area contributed by atoms with Crippen molar-refractivity contribution in [1.29, 1.82) is 0 Å². The lowest BCUT2D eigenvalue weighted by Gasteiger charge is -2.22. The van der Waals surface area contributed by atoms with Crippen LogP contribution < -0.4 is 5.32 Å². The number of hydrogen-bond acceptors (Lipinski definition) is 4. The van der Waals surface area contributed by atoms with Crippen LogP contribution in [0.5, 0.6) is 0 Å². The number of nitrogens with zero attached hydrogens (tertiary/aromatic N) is 2. The number of pyridine rings is 1. The molecule has 1 aromatic heterocycles. The SMILES string of the molecule is C[C@H](NCC(O)c1ccccn1)C(=O)N1CCCC1. The summed E-state index contributed by atoms with van der Waals surface area (Å²) < 4.78 is 0. The molecule has 0 aliphatic carbocycles. The van der Waals surface area contributed by atoms with Crippen molar-refractivity contribution in [2.45, 2.75) is 31.9 Å². The molecule has 0 bridgehead atoms. The van der Waals surface area contributed by atoms with E-state index >= 15 is 0 Å². The summed E-state index contributed by atoms with van der Waals surface area (Å²) in [5, 5.41) is 13.0. The van der Waals surface area contributed by atoms with Gasteiger partial charge in [-0.1, -0.05) is 6.07 Å². The fourth-order valence-electron chi connectivity index (χ4n) is 2.26. The fraction of sp³-hybridized carbons (Fsp3) is 0.571. The Labute approximate surface area is 113 Å². The normalized spacial score (nSPS) is 18.3. The van der Waals surface area contributed by atoms with E-state index in [9.17, 15) is 9.90 Å². The number of aliphatic hydroxyl groups excluding tert-OH is 1. The average molecular weight is 263 g/mol. The molecule has 2 atom stereocenters. The van der Waals surface area contributed by atoms with Gasteiger partial charge in [-0.2, -0.15) is 0 Å². The van der Waals surface area contributed by atoms with E-state index < -0.39 is 6.10 Å². The van der Waals surface area contributed by atoms with E-state index in [0.29, 0.717) is 12.2 Å². The van der Waals surface area contributed by atoms with Gasteiger partial charge in [0.15, 0.2) is 0 Å². The van der Waals surface area contributed by atoms with Gasteiger partial charge in [-0.15, -0.1) is 0 Å². The summed E-state index contributed by atoms with van der Waals surface area (Å²) in [5.41, 5.74) is 0.621. The Bertz CT molecular complexity index is 404. The lowest BCUT2D eigenvalue weighted by molar-refractivity contribution is -0.132. The number of rotatable bonds is 5. The smallest absolute Gasteiger partial charge is 0.239 e. The predicted octanol–water partition coefficient (Wildman–Crippen LogP) is 0.715. The first kappa shape index (κ1) is 14.0. The van der Waals surface area contributed by atoms with Crippen molar-refractivity contribution in [2.24, 2.45) is 0 Å². The van der Waals surface area contributed by atoms with E-state index in [2.05, 4.69) is 10.3 Å². The standard InChI is InChI=1S/C14H21N3O2/c1-11(14(19)17-8-4-5-9-17)16-10-13(18)12-6-2-3-7-15-12/h2-3,6-7,11,13,16,18H,4-5,8-10H2,1H3/t11-,13?/m0/s1. The Hall–Kier alpha value is -1.46. The van der Waals surface area contributed by atoms with Crippen LogP contribution in [0.25, 0.3) is 0 Å². The molecule has 1 aliphatic rings. The van der Waals surface area contributed by atoms with Gasteiger partial charge in [-0.05, 0) is 31.9 Å². The van der Waals surface area contributed by atoms with Crippen LogP contribution in [0.1, 0.15) is 31.6 Å². The van der Waals surface area contributed by atoms with Crippen LogP contribution in [0.2, 0.25) is 0 Å². The van der Waals surface area contributed by atoms with Crippen LogP contribution in [-0.2, 0) is 4.79 Å². The molecule has 0 saturated carbocycles. The zero-order valence-corrected chi connectivity index (χ0v) is 11.2. The maximum atomic E-state index is 12.1. The molecule has 2 N–H and O–H groups in total. The molecule has 1 fully saturated rings. The molecule has 5 heteroatoms. The van der Waals surface area contributed by atoms with E-state index in [0.717, 1.165) is 25.9 Å². The monoisotopic (exact) mass is 263 g/mol. The quantitative estimate of drug-likeness (QED) is 0.821. The molecule has 2 rings (SSSR count). The van der Waals surface area contributed by atoms with Crippen molar-refractivity contribution in [1.82, 2.24) is 15.2 Å². The molecule has 0 aromatic carbocycles. The first-order valence-electron chi connectivity index (χ1n) is 6.79. The van der Waals surface area contributed by atoms with Gasteiger partial charge in [0.05, 0.1) is 11.7 Å². The number of hydrogen-bond donors (Lipinski definition) is 2. The zero-order valence-electron chi connectivity index (χ0n) is 11.2. The summed E-state index contributed by atoms with van der Waals surface area (Å²) in [5.74, 6) is 0.116. The van der Waals surface area contributed by atoms with Gasteiger partial charge in [0.25, 0.3) is 0 Å². The maximum Gasteiger partial charge on any atom is 0.239 e. The molecule has 19 heavy (non-hydrogen) atoms. The summed E-state index contributed by atoms with van der Waals surface area (Å²) in [6.45, 7) is 3.88. The second kappa shape index (κ2) is 6.63. The highest BCUT2D eigenvalue weighted by Gasteiger charge is 2.23. The Morgan fingerprint density at radius 1 is 1.47 bits per heavy atom. The van der Waals surface area contributed by atoms with Crippen LogP contribution in [0.3, 0.4) is 0 Å². The van der Waals surface area contributed by atoms with Crippen molar-refractivity contribution in [3.05, 3.63) is 30.1 Å². The highest BCUT2D eigenvalue weighted by molar-refractivity contribution is 5.81. The van der Waals surface area contributed by atoms with Crippen LogP contribution in [0, 0.1) is 0 Å². The Balaban J connectivity index is 1.79. The molecule has 0 spiro atoms. The molecule has 1 amide bonds. The second-order valence-electron chi connectivity index (χ2n) is 4.93. The number of carbonyl (C=O) groups is 1. The van der Waals surface area contributed by atoms with Crippen LogP contribution in [0.15, 0.2) is 24.4 Å². The minimum atomic E-state index is -0.685. The number of carbonyl (C=O) groups excluding carboxylic acids is 1. The highest BCUT2D eigenvalue weighted by Crippen LogP contribution is 2.10. The van der Waals surface area contributed by atoms with Crippen LogP contribution >= 0.6 is 0 Å². The fourth-order valence-corrected chi connectivity index (χ4v) is 2.26. The van der Waals surface area contributed by atoms with Crippen LogP contribution in [-0.4, -0.2) is 46.6 Å². The third-order valence-electron chi connectivity index (χ3n) is 3.43. The van der Waals surface area contributed by atoms with Crippen LogP contribution in [0.4, 0.5) is 0 Å². The summed E-state index contributed by atoms with van der Waals surface area (Å²) in [7, 11) is 0.